The first kappa shape index (κ1) is 12.8. The summed E-state index contributed by atoms with van der Waals surface area (Å²) in [6, 6.07) is 3.39. The van der Waals surface area contributed by atoms with E-state index < -0.39 is 24.6 Å². The summed E-state index contributed by atoms with van der Waals surface area (Å²) >= 11 is 0. The van der Waals surface area contributed by atoms with E-state index in [0.29, 0.717) is 5.56 Å². The van der Waals surface area contributed by atoms with Crippen LogP contribution < -0.4 is 10.5 Å². The zero-order chi connectivity index (χ0) is 12.3. The number of nitrogens with two attached hydrogens (primary N) is 1. The number of ether oxygens (including phenoxy) is 1. The van der Waals surface area contributed by atoms with Crippen LogP contribution >= 0.6 is 0 Å². The summed E-state index contributed by atoms with van der Waals surface area (Å²) in [6.07, 6.45) is -6.68. The Morgan fingerprint density at radius 2 is 2.00 bits per heavy atom. The number of rotatable bonds is 3. The van der Waals surface area contributed by atoms with Crippen molar-refractivity contribution in [2.75, 3.05) is 6.54 Å². The highest BCUT2D eigenvalue weighted by atomic mass is 19.4. The Kier molecular flexibility index (Phi) is 3.74. The third-order valence-electron chi connectivity index (χ3n) is 2.00. The molecule has 1 aromatic carbocycles. The Hall–Kier alpha value is -1.30. The van der Waals surface area contributed by atoms with Gasteiger partial charge in [0.2, 0.25) is 6.10 Å². The average Bonchev–Trinajstić information content (AvgIpc) is 2.17. The summed E-state index contributed by atoms with van der Waals surface area (Å²) in [7, 11) is 0. The van der Waals surface area contributed by atoms with Gasteiger partial charge in [0, 0.05) is 12.6 Å². The molecule has 0 fully saturated rings. The Bertz CT molecular complexity index is 364. The molecule has 0 aromatic heterocycles. The molecule has 90 valence electrons. The zero-order valence-corrected chi connectivity index (χ0v) is 8.51. The summed E-state index contributed by atoms with van der Waals surface area (Å²) in [5.41, 5.74) is 5.38. The maximum absolute atomic E-state index is 12.8. The molecule has 1 atom stereocenters. The van der Waals surface area contributed by atoms with Crippen molar-refractivity contribution in [3.8, 4) is 5.75 Å². The van der Waals surface area contributed by atoms with E-state index in [1.54, 1.807) is 0 Å². The van der Waals surface area contributed by atoms with Crippen LogP contribution in [0.15, 0.2) is 18.2 Å². The van der Waals surface area contributed by atoms with Gasteiger partial charge >= 0.3 is 6.18 Å². The molecule has 6 heteroatoms. The first-order valence-corrected chi connectivity index (χ1v) is 4.54. The van der Waals surface area contributed by atoms with E-state index >= 15 is 0 Å². The van der Waals surface area contributed by atoms with Gasteiger partial charge in [-0.15, -0.1) is 0 Å². The highest BCUT2D eigenvalue weighted by Gasteiger charge is 2.41. The lowest BCUT2D eigenvalue weighted by atomic mass is 10.2. The van der Waals surface area contributed by atoms with Gasteiger partial charge in [0.25, 0.3) is 0 Å². The van der Waals surface area contributed by atoms with Gasteiger partial charge in [-0.25, -0.2) is 4.39 Å². The Balaban J connectivity index is 2.90. The SMILES string of the molecule is Cc1ccc(F)cc1OC(CN)C(F)(F)F. The van der Waals surface area contributed by atoms with Crippen molar-refractivity contribution in [1.82, 2.24) is 0 Å². The van der Waals surface area contributed by atoms with E-state index in [1.165, 1.54) is 13.0 Å². The Morgan fingerprint density at radius 3 is 2.50 bits per heavy atom. The lowest BCUT2D eigenvalue weighted by Gasteiger charge is -2.21. The van der Waals surface area contributed by atoms with Crippen molar-refractivity contribution in [1.29, 1.82) is 0 Å². The molecule has 16 heavy (non-hydrogen) atoms. The van der Waals surface area contributed by atoms with E-state index in [0.717, 1.165) is 12.1 Å². The second kappa shape index (κ2) is 4.69. The molecule has 2 N–H and O–H groups in total. The van der Waals surface area contributed by atoms with Crippen LogP contribution in [0.3, 0.4) is 0 Å². The van der Waals surface area contributed by atoms with E-state index in [-0.39, 0.29) is 5.75 Å². The summed E-state index contributed by atoms with van der Waals surface area (Å²) in [5, 5.41) is 0. The minimum Gasteiger partial charge on any atom is -0.479 e. The number of aryl methyl sites for hydroxylation is 1. The highest BCUT2D eigenvalue weighted by molar-refractivity contribution is 5.32. The van der Waals surface area contributed by atoms with Gasteiger partial charge < -0.3 is 10.5 Å². The van der Waals surface area contributed by atoms with Crippen LogP contribution in [0.4, 0.5) is 17.6 Å². The van der Waals surface area contributed by atoms with Gasteiger partial charge in [-0.1, -0.05) is 6.07 Å². The molecule has 0 spiro atoms. The van der Waals surface area contributed by atoms with Gasteiger partial charge in [-0.05, 0) is 18.6 Å². The molecule has 0 radical (unpaired) electrons. The molecular formula is C10H11F4NO. The molecule has 1 unspecified atom stereocenters. The zero-order valence-electron chi connectivity index (χ0n) is 8.51. The van der Waals surface area contributed by atoms with Crippen LogP contribution in [0.1, 0.15) is 5.56 Å². The smallest absolute Gasteiger partial charge is 0.426 e. The predicted molar refractivity (Wildman–Crippen MR) is 50.7 cm³/mol. The summed E-state index contributed by atoms with van der Waals surface area (Å²) in [6.45, 7) is 0.818. The van der Waals surface area contributed by atoms with Gasteiger partial charge in [0.1, 0.15) is 11.6 Å². The van der Waals surface area contributed by atoms with Crippen LogP contribution in [0.5, 0.6) is 5.75 Å². The molecule has 1 aromatic rings. The van der Waals surface area contributed by atoms with Crippen molar-refractivity contribution in [3.05, 3.63) is 29.6 Å². The minimum atomic E-state index is -4.56. The number of hydrogen-bond acceptors (Lipinski definition) is 2. The standard InChI is InChI=1S/C10H11F4NO/c1-6-2-3-7(11)4-8(6)16-9(5-15)10(12,13)14/h2-4,9H,5,15H2,1H3. The predicted octanol–water partition coefficient (Wildman–Crippen LogP) is 2.40. The molecule has 0 aliphatic heterocycles. The molecule has 0 saturated heterocycles. The third-order valence-corrected chi connectivity index (χ3v) is 2.00. The molecule has 0 aliphatic carbocycles. The maximum Gasteiger partial charge on any atom is 0.426 e. The minimum absolute atomic E-state index is 0.146. The normalized spacial score (nSPS) is 13.6. The second-order valence-corrected chi connectivity index (χ2v) is 3.29. The fraction of sp³-hybridized carbons (Fsp3) is 0.400. The first-order valence-electron chi connectivity index (χ1n) is 4.54. The van der Waals surface area contributed by atoms with Gasteiger partial charge in [-0.3, -0.25) is 0 Å². The molecule has 0 aliphatic rings. The van der Waals surface area contributed by atoms with Crippen molar-refractivity contribution >= 4 is 0 Å². The van der Waals surface area contributed by atoms with Crippen molar-refractivity contribution in [3.63, 3.8) is 0 Å². The molecule has 0 heterocycles. The highest BCUT2D eigenvalue weighted by Crippen LogP contribution is 2.27. The number of hydrogen-bond donors (Lipinski definition) is 1. The fourth-order valence-corrected chi connectivity index (χ4v) is 1.10. The third kappa shape index (κ3) is 3.10. The monoisotopic (exact) mass is 237 g/mol. The quantitative estimate of drug-likeness (QED) is 0.819. The maximum atomic E-state index is 12.8. The summed E-state index contributed by atoms with van der Waals surface area (Å²) in [4.78, 5) is 0. The number of alkyl halides is 3. The van der Waals surface area contributed by atoms with Gasteiger partial charge in [-0.2, -0.15) is 13.2 Å². The molecule has 0 saturated carbocycles. The van der Waals surface area contributed by atoms with Crippen LogP contribution in [0.2, 0.25) is 0 Å². The number of halogens is 4. The van der Waals surface area contributed by atoms with Crippen LogP contribution in [0, 0.1) is 12.7 Å². The van der Waals surface area contributed by atoms with Crippen molar-refractivity contribution in [2.45, 2.75) is 19.2 Å². The Morgan fingerprint density at radius 1 is 1.38 bits per heavy atom. The Labute approximate surface area is 90.0 Å². The van der Waals surface area contributed by atoms with Crippen LogP contribution in [-0.2, 0) is 0 Å². The second-order valence-electron chi connectivity index (χ2n) is 3.29. The average molecular weight is 237 g/mol. The topological polar surface area (TPSA) is 35.2 Å². The molecule has 1 rings (SSSR count). The van der Waals surface area contributed by atoms with E-state index in [9.17, 15) is 17.6 Å². The molecule has 0 bridgehead atoms. The molecular weight excluding hydrogens is 226 g/mol. The lowest BCUT2D eigenvalue weighted by molar-refractivity contribution is -0.191. The lowest BCUT2D eigenvalue weighted by Crippen LogP contribution is -2.40. The van der Waals surface area contributed by atoms with Crippen LogP contribution in [-0.4, -0.2) is 18.8 Å². The first-order chi connectivity index (χ1) is 7.34. The van der Waals surface area contributed by atoms with Crippen molar-refractivity contribution in [2.24, 2.45) is 5.73 Å². The summed E-state index contributed by atoms with van der Waals surface area (Å²) in [5.74, 6) is -0.800. The number of benzene rings is 1. The fourth-order valence-electron chi connectivity index (χ4n) is 1.10. The molecule has 2 nitrogen and oxygen atoms in total. The summed E-state index contributed by atoms with van der Waals surface area (Å²) < 4.78 is 54.5. The molecule has 0 amide bonds. The van der Waals surface area contributed by atoms with E-state index in [1.807, 2.05) is 0 Å². The van der Waals surface area contributed by atoms with Gasteiger partial charge in [0.15, 0.2) is 0 Å². The van der Waals surface area contributed by atoms with Crippen LogP contribution in [0.25, 0.3) is 0 Å². The van der Waals surface area contributed by atoms with E-state index in [2.05, 4.69) is 4.74 Å². The van der Waals surface area contributed by atoms with Gasteiger partial charge in [0.05, 0.1) is 0 Å². The largest absolute Gasteiger partial charge is 0.479 e. The van der Waals surface area contributed by atoms with E-state index in [4.69, 9.17) is 5.73 Å². The van der Waals surface area contributed by atoms with Crippen molar-refractivity contribution < 1.29 is 22.3 Å².